The molecule has 0 aliphatic rings. The molecule has 12 heavy (non-hydrogen) atoms. The molecule has 0 radical (unpaired) electrons. The molecule has 0 saturated heterocycles. The maximum absolute atomic E-state index is 10.8. The van der Waals surface area contributed by atoms with Crippen LogP contribution in [0.2, 0.25) is 0 Å². The van der Waals surface area contributed by atoms with Crippen LogP contribution in [0, 0.1) is 0 Å². The molecule has 0 unspecified atom stereocenters. The van der Waals surface area contributed by atoms with Gasteiger partial charge < -0.3 is 15.7 Å². The Labute approximate surface area is 68.5 Å². The van der Waals surface area contributed by atoms with Gasteiger partial charge in [0.2, 0.25) is 0 Å². The number of carbonyl (C=O) groups excluding carboxylic acids is 1. The molecule has 1 rings (SSSR count). The average Bonchev–Trinajstić information content (AvgIpc) is 2.08. The van der Waals surface area contributed by atoms with E-state index in [0.29, 0.717) is 5.69 Å². The van der Waals surface area contributed by atoms with E-state index in [1.54, 1.807) is 0 Å². The van der Waals surface area contributed by atoms with Gasteiger partial charge in [0.1, 0.15) is 11.3 Å². The first-order valence-corrected chi connectivity index (χ1v) is 3.14. The van der Waals surface area contributed by atoms with Crippen LogP contribution < -0.4 is 11.6 Å². The van der Waals surface area contributed by atoms with Crippen LogP contribution in [-0.4, -0.2) is 11.1 Å². The molecule has 0 saturated carbocycles. The molecule has 0 bridgehead atoms. The number of phenolic OH excluding ortho intramolecular Hbond substituents is 1. The Bertz CT molecular complexity index is 312. The molecule has 1 aromatic rings. The Morgan fingerprint density at radius 3 is 2.75 bits per heavy atom. The zero-order valence-electron chi connectivity index (χ0n) is 6.15. The number of phenols is 1. The number of carbonyl (C=O) groups is 1. The fraction of sp³-hybridized carbons (Fsp3) is 0. The number of nitrogens with two attached hydrogens (primary N) is 2. The molecule has 5 nitrogen and oxygen atoms in total. The number of benzene rings is 1. The quantitative estimate of drug-likeness (QED) is 0.311. The largest absolute Gasteiger partial charge is 0.507 e. The van der Waals surface area contributed by atoms with Crippen molar-refractivity contribution < 1.29 is 14.7 Å². The van der Waals surface area contributed by atoms with Crippen LogP contribution >= 0.6 is 0 Å². The van der Waals surface area contributed by atoms with Gasteiger partial charge >= 0.3 is 5.97 Å². The van der Waals surface area contributed by atoms with E-state index in [1.807, 2.05) is 0 Å². The first-order valence-electron chi connectivity index (χ1n) is 3.14. The summed E-state index contributed by atoms with van der Waals surface area (Å²) in [4.78, 5) is 14.7. The Hall–Kier alpha value is -1.75. The molecule has 5 heteroatoms. The van der Waals surface area contributed by atoms with Gasteiger partial charge in [-0.05, 0) is 18.2 Å². The minimum Gasteiger partial charge on any atom is -0.507 e. The number of hydrogen-bond acceptors (Lipinski definition) is 5. The van der Waals surface area contributed by atoms with E-state index in [9.17, 15) is 4.79 Å². The summed E-state index contributed by atoms with van der Waals surface area (Å²) in [6.07, 6.45) is 0. The first-order chi connectivity index (χ1) is 5.65. The predicted octanol–water partition coefficient (Wildman–Crippen LogP) is 0.00490. The highest BCUT2D eigenvalue weighted by Crippen LogP contribution is 2.19. The van der Waals surface area contributed by atoms with E-state index in [-0.39, 0.29) is 11.3 Å². The third-order valence-electron chi connectivity index (χ3n) is 1.35. The van der Waals surface area contributed by atoms with Crippen molar-refractivity contribution in [2.45, 2.75) is 0 Å². The summed E-state index contributed by atoms with van der Waals surface area (Å²) in [5.74, 6) is 3.59. The summed E-state index contributed by atoms with van der Waals surface area (Å²) in [5.41, 5.74) is 5.67. The van der Waals surface area contributed by atoms with Crippen LogP contribution in [0.25, 0.3) is 0 Å². The van der Waals surface area contributed by atoms with Gasteiger partial charge in [-0.3, -0.25) is 0 Å². The van der Waals surface area contributed by atoms with Crippen molar-refractivity contribution in [3.05, 3.63) is 23.8 Å². The lowest BCUT2D eigenvalue weighted by molar-refractivity contribution is 0.0500. The van der Waals surface area contributed by atoms with Gasteiger partial charge in [-0.15, -0.1) is 0 Å². The summed E-state index contributed by atoms with van der Waals surface area (Å²) >= 11 is 0. The fourth-order valence-corrected chi connectivity index (χ4v) is 0.781. The predicted molar refractivity (Wildman–Crippen MR) is 42.1 cm³/mol. The lowest BCUT2D eigenvalue weighted by Crippen LogP contribution is -2.10. The molecule has 1 aromatic carbocycles. The number of rotatable bonds is 1. The SMILES string of the molecule is NOC(=O)c1cc(N)ccc1O. The van der Waals surface area contributed by atoms with Crippen LogP contribution in [-0.2, 0) is 4.84 Å². The highest BCUT2D eigenvalue weighted by molar-refractivity contribution is 5.93. The number of aromatic hydroxyl groups is 1. The van der Waals surface area contributed by atoms with Gasteiger partial charge in [-0.2, -0.15) is 5.90 Å². The number of anilines is 1. The summed E-state index contributed by atoms with van der Waals surface area (Å²) in [6.45, 7) is 0. The maximum atomic E-state index is 10.8. The molecule has 0 spiro atoms. The fourth-order valence-electron chi connectivity index (χ4n) is 0.781. The van der Waals surface area contributed by atoms with Crippen LogP contribution in [0.15, 0.2) is 18.2 Å². The average molecular weight is 168 g/mol. The van der Waals surface area contributed by atoms with Crippen molar-refractivity contribution in [3.8, 4) is 5.75 Å². The normalized spacial score (nSPS) is 9.42. The summed E-state index contributed by atoms with van der Waals surface area (Å²) in [5, 5.41) is 9.12. The molecule has 0 aliphatic heterocycles. The minimum absolute atomic E-state index is 0.0440. The van der Waals surface area contributed by atoms with Crippen molar-refractivity contribution in [1.29, 1.82) is 0 Å². The number of nitrogen functional groups attached to an aromatic ring is 1. The lowest BCUT2D eigenvalue weighted by atomic mass is 10.2. The molecular weight excluding hydrogens is 160 g/mol. The van der Waals surface area contributed by atoms with E-state index in [4.69, 9.17) is 10.8 Å². The van der Waals surface area contributed by atoms with Crippen LogP contribution in [0.4, 0.5) is 5.69 Å². The van der Waals surface area contributed by atoms with E-state index in [2.05, 4.69) is 10.7 Å². The smallest absolute Gasteiger partial charge is 0.360 e. The first kappa shape index (κ1) is 8.35. The van der Waals surface area contributed by atoms with E-state index in [1.165, 1.54) is 18.2 Å². The molecule has 5 N–H and O–H groups in total. The minimum atomic E-state index is -0.820. The van der Waals surface area contributed by atoms with Crippen molar-refractivity contribution in [3.63, 3.8) is 0 Å². The van der Waals surface area contributed by atoms with Gasteiger partial charge in [0.25, 0.3) is 0 Å². The van der Waals surface area contributed by atoms with Crippen molar-refractivity contribution >= 4 is 11.7 Å². The van der Waals surface area contributed by atoms with E-state index >= 15 is 0 Å². The van der Waals surface area contributed by atoms with Gasteiger partial charge in [-0.1, -0.05) is 0 Å². The van der Waals surface area contributed by atoms with Crippen molar-refractivity contribution in [2.24, 2.45) is 5.90 Å². The maximum Gasteiger partial charge on any atom is 0.360 e. The lowest BCUT2D eigenvalue weighted by Gasteiger charge is -2.01. The van der Waals surface area contributed by atoms with Crippen molar-refractivity contribution in [2.75, 3.05) is 5.73 Å². The van der Waals surface area contributed by atoms with Gasteiger partial charge in [0.05, 0.1) is 0 Å². The zero-order chi connectivity index (χ0) is 9.14. The molecule has 0 atom stereocenters. The van der Waals surface area contributed by atoms with E-state index in [0.717, 1.165) is 0 Å². The monoisotopic (exact) mass is 168 g/mol. The Kier molecular flexibility index (Phi) is 2.16. The second-order valence-corrected chi connectivity index (χ2v) is 2.18. The second-order valence-electron chi connectivity index (χ2n) is 2.18. The molecule has 0 aliphatic carbocycles. The third kappa shape index (κ3) is 1.46. The highest BCUT2D eigenvalue weighted by Gasteiger charge is 2.11. The Morgan fingerprint density at radius 1 is 1.50 bits per heavy atom. The summed E-state index contributed by atoms with van der Waals surface area (Å²) in [7, 11) is 0. The molecule has 0 fully saturated rings. The molecule has 0 amide bonds. The van der Waals surface area contributed by atoms with Gasteiger partial charge in [-0.25, -0.2) is 4.79 Å². The Morgan fingerprint density at radius 2 is 2.17 bits per heavy atom. The van der Waals surface area contributed by atoms with Gasteiger partial charge in [0.15, 0.2) is 0 Å². The van der Waals surface area contributed by atoms with E-state index < -0.39 is 5.97 Å². The van der Waals surface area contributed by atoms with Crippen LogP contribution in [0.3, 0.4) is 0 Å². The molecule has 0 aromatic heterocycles. The van der Waals surface area contributed by atoms with Gasteiger partial charge in [0, 0.05) is 5.69 Å². The topological polar surface area (TPSA) is 98.6 Å². The van der Waals surface area contributed by atoms with Crippen LogP contribution in [0.5, 0.6) is 5.75 Å². The number of hydrogen-bond donors (Lipinski definition) is 3. The second kappa shape index (κ2) is 3.10. The van der Waals surface area contributed by atoms with Crippen LogP contribution in [0.1, 0.15) is 10.4 Å². The summed E-state index contributed by atoms with van der Waals surface area (Å²) in [6, 6.07) is 4.04. The Balaban J connectivity index is 3.13. The third-order valence-corrected chi connectivity index (χ3v) is 1.35. The highest BCUT2D eigenvalue weighted by atomic mass is 16.7. The molecular formula is C7H8N2O3. The standard InChI is InChI=1S/C7H8N2O3/c8-4-1-2-6(10)5(3-4)7(11)12-9/h1-3,10H,8-9H2. The summed E-state index contributed by atoms with van der Waals surface area (Å²) < 4.78 is 0. The zero-order valence-corrected chi connectivity index (χ0v) is 6.15. The van der Waals surface area contributed by atoms with Crippen molar-refractivity contribution in [1.82, 2.24) is 0 Å². The molecule has 0 heterocycles. The molecule has 64 valence electrons.